The minimum Gasteiger partial charge on any atom is -0.478 e. The van der Waals surface area contributed by atoms with Crippen molar-refractivity contribution in [3.05, 3.63) is 54.3 Å². The second-order valence-corrected chi connectivity index (χ2v) is 8.19. The number of nitrogens with zero attached hydrogens (tertiary/aromatic N) is 2. The number of aliphatic carboxylic acids is 2. The van der Waals surface area contributed by atoms with Crippen LogP contribution in [0.4, 0.5) is 5.69 Å². The molecule has 10 nitrogen and oxygen atoms in total. The number of rotatable bonds is 5. The molecule has 4 rings (SSSR count). The Kier molecular flexibility index (Phi) is 7.85. The fraction of sp³-hybridized carbons (Fsp3) is 0.333. The zero-order chi connectivity index (χ0) is 24.8. The van der Waals surface area contributed by atoms with Gasteiger partial charge in [0.25, 0.3) is 5.91 Å². The van der Waals surface area contributed by atoms with Crippen molar-refractivity contribution in [1.29, 1.82) is 0 Å². The van der Waals surface area contributed by atoms with Gasteiger partial charge < -0.3 is 24.8 Å². The summed E-state index contributed by atoms with van der Waals surface area (Å²) in [6.07, 6.45) is 3.44. The summed E-state index contributed by atoms with van der Waals surface area (Å²) in [4.78, 5) is 47.3. The topological polar surface area (TPSA) is 140 Å². The van der Waals surface area contributed by atoms with Gasteiger partial charge in [0.05, 0.1) is 0 Å². The van der Waals surface area contributed by atoms with Crippen molar-refractivity contribution in [3.63, 3.8) is 0 Å². The summed E-state index contributed by atoms with van der Waals surface area (Å²) in [6, 6.07) is 11.9. The number of fused-ring (bicyclic) bond motifs is 2. The van der Waals surface area contributed by atoms with Crippen molar-refractivity contribution in [2.24, 2.45) is 0 Å². The van der Waals surface area contributed by atoms with E-state index in [-0.39, 0.29) is 11.8 Å². The van der Waals surface area contributed by atoms with Crippen LogP contribution in [0.1, 0.15) is 30.3 Å². The smallest absolute Gasteiger partial charge is 0.328 e. The van der Waals surface area contributed by atoms with E-state index in [1.54, 1.807) is 6.07 Å². The number of carbonyl (C=O) groups excluding carboxylic acids is 2. The van der Waals surface area contributed by atoms with Gasteiger partial charge in [0, 0.05) is 55.5 Å². The molecule has 2 atom stereocenters. The van der Waals surface area contributed by atoms with Crippen LogP contribution in [-0.4, -0.2) is 76.0 Å². The van der Waals surface area contributed by atoms with Crippen molar-refractivity contribution >= 4 is 29.4 Å². The summed E-state index contributed by atoms with van der Waals surface area (Å²) in [5, 5.41) is 18.4. The van der Waals surface area contributed by atoms with Gasteiger partial charge in [-0.3, -0.25) is 14.5 Å². The number of amides is 2. The lowest BCUT2D eigenvalue weighted by Crippen LogP contribution is -2.53. The Labute approximate surface area is 196 Å². The van der Waals surface area contributed by atoms with Crippen molar-refractivity contribution in [3.8, 4) is 11.3 Å². The molecular weight excluding hydrogens is 442 g/mol. The van der Waals surface area contributed by atoms with Crippen LogP contribution in [-0.2, 0) is 14.4 Å². The predicted molar refractivity (Wildman–Crippen MR) is 123 cm³/mol. The first-order valence-corrected chi connectivity index (χ1v) is 10.8. The number of furan rings is 1. The molecule has 2 saturated heterocycles. The summed E-state index contributed by atoms with van der Waals surface area (Å²) in [5.74, 6) is -1.62. The van der Waals surface area contributed by atoms with Crippen LogP contribution >= 0.6 is 0 Å². The number of hydrogen-bond donors (Lipinski definition) is 3. The third-order valence-corrected chi connectivity index (χ3v) is 5.81. The first-order valence-electron chi connectivity index (χ1n) is 10.8. The molecule has 1 aromatic heterocycles. The molecule has 2 unspecified atom stereocenters. The average molecular weight is 469 g/mol. The van der Waals surface area contributed by atoms with Crippen molar-refractivity contribution in [1.82, 2.24) is 9.80 Å². The summed E-state index contributed by atoms with van der Waals surface area (Å²) in [7, 11) is 2.15. The zero-order valence-electron chi connectivity index (χ0n) is 18.9. The Hall–Kier alpha value is -3.92. The molecule has 180 valence electrons. The van der Waals surface area contributed by atoms with Crippen molar-refractivity contribution in [2.45, 2.75) is 31.8 Å². The molecule has 0 aliphatic carbocycles. The molecule has 0 radical (unpaired) electrons. The highest BCUT2D eigenvalue weighted by molar-refractivity contribution is 5.92. The van der Waals surface area contributed by atoms with Gasteiger partial charge in [-0.1, -0.05) is 0 Å². The molecule has 2 fully saturated rings. The van der Waals surface area contributed by atoms with E-state index in [2.05, 4.69) is 17.3 Å². The number of likely N-dealkylation sites (tertiary alicyclic amines) is 1. The number of carboxylic acids is 2. The highest BCUT2D eigenvalue weighted by atomic mass is 16.4. The Morgan fingerprint density at radius 3 is 2.00 bits per heavy atom. The lowest BCUT2D eigenvalue weighted by Gasteiger charge is -2.38. The first-order chi connectivity index (χ1) is 16.1. The Balaban J connectivity index is 0.000000350. The SMILES string of the molecule is CC(=O)Nc1ccc(-c2ccc(C(=O)N3CC4CCC(C3)N4C)o2)cc1.O=C(O)/C=C/C(=O)O. The predicted octanol–water partition coefficient (Wildman–Crippen LogP) is 2.54. The van der Waals surface area contributed by atoms with Gasteiger partial charge in [-0.25, -0.2) is 9.59 Å². The fourth-order valence-corrected chi connectivity index (χ4v) is 4.11. The monoisotopic (exact) mass is 469 g/mol. The molecule has 34 heavy (non-hydrogen) atoms. The maximum Gasteiger partial charge on any atom is 0.328 e. The second kappa shape index (κ2) is 10.8. The molecule has 10 heteroatoms. The molecular formula is C24H27N3O7. The number of carbonyl (C=O) groups is 4. The van der Waals surface area contributed by atoms with Gasteiger partial charge in [0.1, 0.15) is 5.76 Å². The second-order valence-electron chi connectivity index (χ2n) is 8.19. The largest absolute Gasteiger partial charge is 0.478 e. The maximum absolute atomic E-state index is 12.8. The molecule has 2 bridgehead atoms. The van der Waals surface area contributed by atoms with Gasteiger partial charge in [-0.05, 0) is 56.3 Å². The first kappa shape index (κ1) is 24.7. The van der Waals surface area contributed by atoms with E-state index in [0.29, 0.717) is 35.8 Å². The standard InChI is InChI=1S/C20H23N3O3.C4H4O4/c1-13(24)21-15-5-3-14(4-6-15)18-9-10-19(26-18)20(25)23-11-16-7-8-17(12-23)22(16)2;5-3(6)1-2-4(7)8/h3-6,9-10,16-17H,7-8,11-12H2,1-2H3,(H,21,24);1-2H,(H,5,6)(H,7,8)/b;2-1+. The average Bonchev–Trinajstić information content (AvgIpc) is 3.33. The van der Waals surface area contributed by atoms with E-state index in [1.807, 2.05) is 35.2 Å². The number of piperazine rings is 1. The summed E-state index contributed by atoms with van der Waals surface area (Å²) in [6.45, 7) is 3.02. The molecule has 2 aliphatic rings. The van der Waals surface area contributed by atoms with Crippen molar-refractivity contribution in [2.75, 3.05) is 25.5 Å². The summed E-state index contributed by atoms with van der Waals surface area (Å²) in [5.41, 5.74) is 1.61. The molecule has 2 amide bonds. The van der Waals surface area contributed by atoms with Crippen LogP contribution in [0.25, 0.3) is 11.3 Å². The number of carboxylic acid groups (broad SMARTS) is 2. The van der Waals surface area contributed by atoms with Crippen molar-refractivity contribution < 1.29 is 33.8 Å². The Morgan fingerprint density at radius 1 is 0.941 bits per heavy atom. The van der Waals surface area contributed by atoms with Crippen LogP contribution in [0, 0.1) is 0 Å². The third kappa shape index (κ3) is 6.32. The number of anilines is 1. The molecule has 3 heterocycles. The summed E-state index contributed by atoms with van der Waals surface area (Å²) < 4.78 is 5.83. The van der Waals surface area contributed by atoms with E-state index in [0.717, 1.165) is 37.2 Å². The van der Waals surface area contributed by atoms with Gasteiger partial charge in [0.2, 0.25) is 5.91 Å². The fourth-order valence-electron chi connectivity index (χ4n) is 4.11. The van der Waals surface area contributed by atoms with Gasteiger partial charge >= 0.3 is 11.9 Å². The van der Waals surface area contributed by atoms with E-state index < -0.39 is 11.9 Å². The number of benzene rings is 1. The molecule has 3 N–H and O–H groups in total. The highest BCUT2D eigenvalue weighted by Gasteiger charge is 2.39. The Morgan fingerprint density at radius 2 is 1.50 bits per heavy atom. The number of hydrogen-bond acceptors (Lipinski definition) is 6. The quantitative estimate of drug-likeness (QED) is 0.568. The molecule has 1 aromatic carbocycles. The molecule has 2 aromatic rings. The molecule has 2 aliphatic heterocycles. The van der Waals surface area contributed by atoms with Gasteiger partial charge in [-0.2, -0.15) is 0 Å². The lowest BCUT2D eigenvalue weighted by molar-refractivity contribution is -0.134. The minimum atomic E-state index is -1.26. The maximum atomic E-state index is 12.8. The zero-order valence-corrected chi connectivity index (χ0v) is 18.9. The normalized spacial score (nSPS) is 19.4. The Bertz CT molecular complexity index is 1060. The van der Waals surface area contributed by atoms with E-state index >= 15 is 0 Å². The van der Waals surface area contributed by atoms with Crippen LogP contribution in [0.5, 0.6) is 0 Å². The van der Waals surface area contributed by atoms with E-state index in [9.17, 15) is 19.2 Å². The van der Waals surface area contributed by atoms with E-state index in [1.165, 1.54) is 6.92 Å². The lowest BCUT2D eigenvalue weighted by atomic mass is 10.1. The number of likely N-dealkylation sites (N-methyl/N-ethyl adjacent to an activating group) is 1. The van der Waals surface area contributed by atoms with Gasteiger partial charge in [0.15, 0.2) is 5.76 Å². The summed E-state index contributed by atoms with van der Waals surface area (Å²) >= 11 is 0. The highest BCUT2D eigenvalue weighted by Crippen LogP contribution is 2.30. The van der Waals surface area contributed by atoms with Crippen LogP contribution < -0.4 is 5.32 Å². The van der Waals surface area contributed by atoms with Crippen LogP contribution in [0.15, 0.2) is 53.0 Å². The van der Waals surface area contributed by atoms with Crippen LogP contribution in [0.3, 0.4) is 0 Å². The third-order valence-electron chi connectivity index (χ3n) is 5.81. The van der Waals surface area contributed by atoms with Crippen LogP contribution in [0.2, 0.25) is 0 Å². The molecule has 0 spiro atoms. The molecule has 0 saturated carbocycles. The van der Waals surface area contributed by atoms with Gasteiger partial charge in [-0.15, -0.1) is 0 Å². The van der Waals surface area contributed by atoms with E-state index in [4.69, 9.17) is 14.6 Å². The minimum absolute atomic E-state index is 0.0314. The number of nitrogens with one attached hydrogen (secondary N) is 1.